The molecule has 1 aliphatic heterocycles. The van der Waals surface area contributed by atoms with E-state index in [-0.39, 0.29) is 0 Å². The molecule has 162 valence electrons. The predicted octanol–water partition coefficient (Wildman–Crippen LogP) is 3.51. The molecule has 5 heterocycles. The zero-order valence-electron chi connectivity index (χ0n) is 17.9. The maximum absolute atomic E-state index is 5.58. The third kappa shape index (κ3) is 4.04. The third-order valence-corrected chi connectivity index (χ3v) is 5.55. The summed E-state index contributed by atoms with van der Waals surface area (Å²) in [5.41, 5.74) is 5.38. The van der Waals surface area contributed by atoms with Crippen LogP contribution in [0.4, 0.5) is 5.82 Å². The first-order valence-electron chi connectivity index (χ1n) is 10.6. The van der Waals surface area contributed by atoms with Gasteiger partial charge in [0.05, 0.1) is 6.61 Å². The van der Waals surface area contributed by atoms with Gasteiger partial charge in [0.25, 0.3) is 0 Å². The number of methoxy groups -OCH3 is 1. The van der Waals surface area contributed by atoms with E-state index in [1.165, 1.54) is 5.57 Å². The van der Waals surface area contributed by atoms with Crippen molar-refractivity contribution in [1.82, 2.24) is 24.6 Å². The summed E-state index contributed by atoms with van der Waals surface area (Å²) in [6, 6.07) is 12.1. The van der Waals surface area contributed by atoms with Gasteiger partial charge in [-0.2, -0.15) is 0 Å². The Bertz CT molecular complexity index is 1230. The van der Waals surface area contributed by atoms with E-state index in [1.807, 2.05) is 47.3 Å². The summed E-state index contributed by atoms with van der Waals surface area (Å²) in [6.45, 7) is 2.66. The number of fused-ring (bicyclic) bond motifs is 1. The molecule has 5 rings (SSSR count). The Morgan fingerprint density at radius 3 is 2.78 bits per heavy atom. The van der Waals surface area contributed by atoms with E-state index in [0.717, 1.165) is 47.7 Å². The fraction of sp³-hybridized carbons (Fsp3) is 0.250. The van der Waals surface area contributed by atoms with Crippen LogP contribution in [0.25, 0.3) is 22.3 Å². The molecule has 4 aromatic rings. The van der Waals surface area contributed by atoms with Gasteiger partial charge < -0.3 is 14.4 Å². The van der Waals surface area contributed by atoms with Gasteiger partial charge in [0, 0.05) is 61.5 Å². The highest BCUT2D eigenvalue weighted by molar-refractivity contribution is 5.79. The minimum absolute atomic E-state index is 0.478. The van der Waals surface area contributed by atoms with Crippen LogP contribution >= 0.6 is 0 Å². The zero-order valence-corrected chi connectivity index (χ0v) is 17.9. The van der Waals surface area contributed by atoms with Crippen molar-refractivity contribution in [2.75, 3.05) is 38.3 Å². The van der Waals surface area contributed by atoms with Gasteiger partial charge in [-0.1, -0.05) is 6.08 Å². The van der Waals surface area contributed by atoms with Gasteiger partial charge in [0.2, 0.25) is 5.88 Å². The van der Waals surface area contributed by atoms with E-state index < -0.39 is 0 Å². The first-order valence-corrected chi connectivity index (χ1v) is 10.6. The number of aromatic nitrogens is 5. The molecule has 0 fully saturated rings. The Kier molecular flexibility index (Phi) is 5.76. The average molecular weight is 428 g/mol. The largest absolute Gasteiger partial charge is 0.475 e. The summed E-state index contributed by atoms with van der Waals surface area (Å²) in [6.07, 6.45) is 10.5. The molecule has 0 aliphatic carbocycles. The summed E-state index contributed by atoms with van der Waals surface area (Å²) in [5.74, 6) is 1.54. The maximum atomic E-state index is 5.58. The minimum atomic E-state index is 0.478. The molecule has 0 saturated carbocycles. The molecule has 0 spiro atoms. The van der Waals surface area contributed by atoms with Gasteiger partial charge in [-0.3, -0.25) is 4.40 Å². The fourth-order valence-corrected chi connectivity index (χ4v) is 3.94. The fourth-order valence-electron chi connectivity index (χ4n) is 3.94. The first-order chi connectivity index (χ1) is 15.8. The Hall–Kier alpha value is -3.78. The van der Waals surface area contributed by atoms with Crippen LogP contribution < -0.4 is 9.64 Å². The Balaban J connectivity index is 1.36. The lowest BCUT2D eigenvalue weighted by molar-refractivity contribution is 0.144. The lowest BCUT2D eigenvalue weighted by Gasteiger charge is -2.29. The van der Waals surface area contributed by atoms with Gasteiger partial charge in [-0.25, -0.2) is 9.97 Å². The van der Waals surface area contributed by atoms with Crippen LogP contribution in [0.5, 0.6) is 5.88 Å². The molecule has 0 unspecified atom stereocenters. The molecule has 0 N–H and O–H groups in total. The van der Waals surface area contributed by atoms with Crippen LogP contribution in [0.2, 0.25) is 0 Å². The van der Waals surface area contributed by atoms with Crippen molar-refractivity contribution < 1.29 is 9.47 Å². The highest BCUT2D eigenvalue weighted by Crippen LogP contribution is 2.32. The molecule has 0 atom stereocenters. The lowest BCUT2D eigenvalue weighted by Crippen LogP contribution is -2.29. The number of anilines is 1. The maximum Gasteiger partial charge on any atom is 0.213 e. The molecular formula is C24H24N6O2. The van der Waals surface area contributed by atoms with Gasteiger partial charge >= 0.3 is 0 Å². The molecule has 0 saturated heterocycles. The number of nitrogens with zero attached hydrogens (tertiary/aromatic N) is 6. The second-order valence-corrected chi connectivity index (χ2v) is 7.51. The highest BCUT2D eigenvalue weighted by atomic mass is 16.5. The van der Waals surface area contributed by atoms with Crippen molar-refractivity contribution in [2.45, 2.75) is 6.42 Å². The van der Waals surface area contributed by atoms with E-state index in [0.29, 0.717) is 19.1 Å². The topological polar surface area (TPSA) is 77.7 Å². The Morgan fingerprint density at radius 1 is 1.03 bits per heavy atom. The Labute approximate surface area is 186 Å². The highest BCUT2D eigenvalue weighted by Gasteiger charge is 2.19. The lowest BCUT2D eigenvalue weighted by atomic mass is 9.99. The molecular weight excluding hydrogens is 404 g/mol. The number of ether oxygens (including phenoxy) is 2. The second-order valence-electron chi connectivity index (χ2n) is 7.51. The standard InChI is InChI=1S/C24H24N6O2/c1-31-14-15-32-22-7-6-19(16-26-22)21-4-2-10-25-23(21)29-12-8-18(9-13-29)20-5-3-11-30-17-27-28-24(20)30/h2-8,10-11,16-17H,9,12-15H2,1H3. The van der Waals surface area contributed by atoms with Crippen molar-refractivity contribution >= 4 is 17.0 Å². The molecule has 8 nitrogen and oxygen atoms in total. The van der Waals surface area contributed by atoms with Gasteiger partial charge in [-0.05, 0) is 42.3 Å². The van der Waals surface area contributed by atoms with Crippen molar-refractivity contribution in [2.24, 2.45) is 0 Å². The summed E-state index contributed by atoms with van der Waals surface area (Å²) in [7, 11) is 1.65. The summed E-state index contributed by atoms with van der Waals surface area (Å²) >= 11 is 0. The first kappa shape index (κ1) is 20.1. The van der Waals surface area contributed by atoms with Crippen LogP contribution in [0.1, 0.15) is 12.0 Å². The van der Waals surface area contributed by atoms with E-state index in [9.17, 15) is 0 Å². The predicted molar refractivity (Wildman–Crippen MR) is 123 cm³/mol. The van der Waals surface area contributed by atoms with Crippen LogP contribution in [0, 0.1) is 0 Å². The van der Waals surface area contributed by atoms with Crippen molar-refractivity contribution in [1.29, 1.82) is 0 Å². The third-order valence-electron chi connectivity index (χ3n) is 5.55. The molecule has 0 amide bonds. The number of pyridine rings is 3. The average Bonchev–Trinajstić information content (AvgIpc) is 3.34. The van der Waals surface area contributed by atoms with Crippen LogP contribution in [0.15, 0.2) is 67.4 Å². The van der Waals surface area contributed by atoms with Gasteiger partial charge in [0.15, 0.2) is 5.65 Å². The van der Waals surface area contributed by atoms with Crippen LogP contribution in [-0.4, -0.2) is 58.0 Å². The van der Waals surface area contributed by atoms with E-state index in [2.05, 4.69) is 38.3 Å². The number of hydrogen-bond donors (Lipinski definition) is 0. The van der Waals surface area contributed by atoms with Gasteiger partial charge in [0.1, 0.15) is 18.8 Å². The number of rotatable bonds is 7. The molecule has 0 radical (unpaired) electrons. The quantitative estimate of drug-likeness (QED) is 0.417. The summed E-state index contributed by atoms with van der Waals surface area (Å²) < 4.78 is 12.5. The molecule has 32 heavy (non-hydrogen) atoms. The summed E-state index contributed by atoms with van der Waals surface area (Å²) in [4.78, 5) is 11.4. The van der Waals surface area contributed by atoms with E-state index >= 15 is 0 Å². The monoisotopic (exact) mass is 428 g/mol. The zero-order chi connectivity index (χ0) is 21.8. The van der Waals surface area contributed by atoms with Crippen molar-refractivity contribution in [3.05, 3.63) is 73.0 Å². The number of hydrogen-bond acceptors (Lipinski definition) is 7. The molecule has 0 aromatic carbocycles. The molecule has 4 aromatic heterocycles. The minimum Gasteiger partial charge on any atom is -0.475 e. The van der Waals surface area contributed by atoms with Gasteiger partial charge in [-0.15, -0.1) is 10.2 Å². The molecule has 1 aliphatic rings. The Morgan fingerprint density at radius 2 is 1.97 bits per heavy atom. The smallest absolute Gasteiger partial charge is 0.213 e. The van der Waals surface area contributed by atoms with E-state index in [1.54, 1.807) is 13.4 Å². The van der Waals surface area contributed by atoms with E-state index in [4.69, 9.17) is 14.5 Å². The SMILES string of the molecule is COCCOc1ccc(-c2cccnc2N2CC=C(c3cccn4cnnc34)CC2)cn1. The van der Waals surface area contributed by atoms with Crippen molar-refractivity contribution in [3.8, 4) is 17.0 Å². The molecule has 0 bridgehead atoms. The van der Waals surface area contributed by atoms with Crippen LogP contribution in [0.3, 0.4) is 0 Å². The second kappa shape index (κ2) is 9.15. The van der Waals surface area contributed by atoms with Crippen LogP contribution in [-0.2, 0) is 4.74 Å². The summed E-state index contributed by atoms with van der Waals surface area (Å²) in [5, 5.41) is 8.31. The van der Waals surface area contributed by atoms with Crippen molar-refractivity contribution in [3.63, 3.8) is 0 Å². The molecule has 8 heteroatoms. The normalized spacial score (nSPS) is 13.9.